The van der Waals surface area contributed by atoms with Crippen molar-refractivity contribution in [2.45, 2.75) is 26.7 Å². The molecule has 0 aromatic carbocycles. The highest BCUT2D eigenvalue weighted by atomic mass is 16.5. The van der Waals surface area contributed by atoms with Crippen LogP contribution in [0.5, 0.6) is 0 Å². The SMILES string of the molecule is CC.O=C(O)C1CCCOC1. The molecule has 0 saturated carbocycles. The third kappa shape index (κ3) is 3.98. The highest BCUT2D eigenvalue weighted by molar-refractivity contribution is 5.70. The quantitative estimate of drug-likeness (QED) is 0.632. The van der Waals surface area contributed by atoms with Crippen molar-refractivity contribution < 1.29 is 14.6 Å². The Kier molecular flexibility index (Phi) is 5.84. The largest absolute Gasteiger partial charge is 0.481 e. The molecule has 0 radical (unpaired) electrons. The molecular formula is C8H16O3. The summed E-state index contributed by atoms with van der Waals surface area (Å²) in [6.07, 6.45) is 1.66. The molecule has 0 spiro atoms. The van der Waals surface area contributed by atoms with Gasteiger partial charge in [0.1, 0.15) is 0 Å². The zero-order chi connectivity index (χ0) is 8.69. The second-order valence-corrected chi connectivity index (χ2v) is 2.25. The molecule has 0 aliphatic carbocycles. The highest BCUT2D eigenvalue weighted by Crippen LogP contribution is 2.12. The second-order valence-electron chi connectivity index (χ2n) is 2.25. The van der Waals surface area contributed by atoms with Gasteiger partial charge < -0.3 is 9.84 Å². The molecule has 0 amide bonds. The first-order valence-corrected chi connectivity index (χ1v) is 4.11. The number of carboxylic acids is 1. The van der Waals surface area contributed by atoms with Gasteiger partial charge in [0.15, 0.2) is 0 Å². The maximum absolute atomic E-state index is 10.3. The molecule has 1 atom stereocenters. The summed E-state index contributed by atoms with van der Waals surface area (Å²) in [6.45, 7) is 5.12. The number of aliphatic carboxylic acids is 1. The summed E-state index contributed by atoms with van der Waals surface area (Å²) in [5.41, 5.74) is 0. The minimum Gasteiger partial charge on any atom is -0.481 e. The van der Waals surface area contributed by atoms with Crippen molar-refractivity contribution in [3.05, 3.63) is 0 Å². The van der Waals surface area contributed by atoms with Crippen LogP contribution in [-0.4, -0.2) is 24.3 Å². The molecule has 0 aromatic rings. The number of hydrogen-bond acceptors (Lipinski definition) is 2. The van der Waals surface area contributed by atoms with E-state index in [0.29, 0.717) is 6.61 Å². The monoisotopic (exact) mass is 160 g/mol. The van der Waals surface area contributed by atoms with E-state index in [1.165, 1.54) is 0 Å². The topological polar surface area (TPSA) is 46.5 Å². The van der Waals surface area contributed by atoms with E-state index < -0.39 is 5.97 Å². The third-order valence-electron chi connectivity index (χ3n) is 1.51. The molecule has 0 bridgehead atoms. The minimum absolute atomic E-state index is 0.251. The summed E-state index contributed by atoms with van der Waals surface area (Å²) in [7, 11) is 0. The summed E-state index contributed by atoms with van der Waals surface area (Å²) in [6, 6.07) is 0. The molecule has 11 heavy (non-hydrogen) atoms. The Bertz CT molecular complexity index is 106. The van der Waals surface area contributed by atoms with E-state index in [4.69, 9.17) is 9.84 Å². The van der Waals surface area contributed by atoms with Crippen molar-refractivity contribution in [2.75, 3.05) is 13.2 Å². The van der Waals surface area contributed by atoms with Crippen molar-refractivity contribution in [1.82, 2.24) is 0 Å². The average molecular weight is 160 g/mol. The average Bonchev–Trinajstić information content (AvgIpc) is 2.10. The number of hydrogen-bond donors (Lipinski definition) is 1. The van der Waals surface area contributed by atoms with Gasteiger partial charge in [-0.15, -0.1) is 0 Å². The van der Waals surface area contributed by atoms with Gasteiger partial charge in [-0.3, -0.25) is 4.79 Å². The first-order valence-electron chi connectivity index (χ1n) is 4.11. The van der Waals surface area contributed by atoms with Gasteiger partial charge in [0.05, 0.1) is 12.5 Å². The molecule has 1 heterocycles. The van der Waals surface area contributed by atoms with E-state index in [1.54, 1.807) is 0 Å². The maximum Gasteiger partial charge on any atom is 0.308 e. The van der Waals surface area contributed by atoms with Gasteiger partial charge in [-0.2, -0.15) is 0 Å². The van der Waals surface area contributed by atoms with Crippen molar-refractivity contribution in [2.24, 2.45) is 5.92 Å². The lowest BCUT2D eigenvalue weighted by molar-refractivity contribution is -0.145. The summed E-state index contributed by atoms with van der Waals surface area (Å²) >= 11 is 0. The van der Waals surface area contributed by atoms with E-state index in [1.807, 2.05) is 13.8 Å². The Balaban J connectivity index is 0.000000461. The van der Waals surface area contributed by atoms with Crippen molar-refractivity contribution in [3.63, 3.8) is 0 Å². The standard InChI is InChI=1S/C6H10O3.C2H6/c7-6(8)5-2-1-3-9-4-5;1-2/h5H,1-4H2,(H,7,8);1-2H3. The van der Waals surface area contributed by atoms with Gasteiger partial charge in [-0.1, -0.05) is 13.8 Å². The molecule has 3 nitrogen and oxygen atoms in total. The molecule has 1 N–H and O–H groups in total. The number of carbonyl (C=O) groups is 1. The maximum atomic E-state index is 10.3. The predicted octanol–water partition coefficient (Wildman–Crippen LogP) is 1.52. The fraction of sp³-hybridized carbons (Fsp3) is 0.875. The highest BCUT2D eigenvalue weighted by Gasteiger charge is 2.20. The minimum atomic E-state index is -0.727. The second kappa shape index (κ2) is 6.16. The van der Waals surface area contributed by atoms with E-state index >= 15 is 0 Å². The number of carboxylic acid groups (broad SMARTS) is 1. The zero-order valence-electron chi connectivity index (χ0n) is 7.17. The van der Waals surface area contributed by atoms with Crippen LogP contribution < -0.4 is 0 Å². The molecule has 1 saturated heterocycles. The summed E-state index contributed by atoms with van der Waals surface area (Å²) in [5.74, 6) is -0.978. The Hall–Kier alpha value is -0.570. The predicted molar refractivity (Wildman–Crippen MR) is 42.5 cm³/mol. The van der Waals surface area contributed by atoms with Crippen LogP contribution in [0.2, 0.25) is 0 Å². The summed E-state index contributed by atoms with van der Waals surface area (Å²) < 4.78 is 4.96. The van der Waals surface area contributed by atoms with Crippen LogP contribution in [0.3, 0.4) is 0 Å². The van der Waals surface area contributed by atoms with Crippen LogP contribution in [0.25, 0.3) is 0 Å². The Labute approximate surface area is 67.4 Å². The fourth-order valence-electron chi connectivity index (χ4n) is 0.935. The van der Waals surface area contributed by atoms with Gasteiger partial charge in [0.2, 0.25) is 0 Å². The first-order chi connectivity index (χ1) is 5.30. The molecule has 66 valence electrons. The Morgan fingerprint density at radius 1 is 1.55 bits per heavy atom. The van der Waals surface area contributed by atoms with Crippen LogP contribution in [0.15, 0.2) is 0 Å². The van der Waals surface area contributed by atoms with Crippen molar-refractivity contribution >= 4 is 5.97 Å². The Morgan fingerprint density at radius 2 is 2.18 bits per heavy atom. The van der Waals surface area contributed by atoms with Gasteiger partial charge >= 0.3 is 5.97 Å². The van der Waals surface area contributed by atoms with E-state index in [2.05, 4.69) is 0 Å². The number of rotatable bonds is 1. The van der Waals surface area contributed by atoms with Crippen LogP contribution in [0, 0.1) is 5.92 Å². The lowest BCUT2D eigenvalue weighted by atomic mass is 10.0. The molecule has 1 aliphatic heterocycles. The van der Waals surface area contributed by atoms with E-state index in [0.717, 1.165) is 19.4 Å². The lowest BCUT2D eigenvalue weighted by Crippen LogP contribution is -2.24. The van der Waals surface area contributed by atoms with Crippen molar-refractivity contribution in [1.29, 1.82) is 0 Å². The lowest BCUT2D eigenvalue weighted by Gasteiger charge is -2.17. The van der Waals surface area contributed by atoms with Gasteiger partial charge in [0, 0.05) is 6.61 Å². The summed E-state index contributed by atoms with van der Waals surface area (Å²) in [4.78, 5) is 10.3. The zero-order valence-corrected chi connectivity index (χ0v) is 7.17. The third-order valence-corrected chi connectivity index (χ3v) is 1.51. The smallest absolute Gasteiger partial charge is 0.308 e. The van der Waals surface area contributed by atoms with E-state index in [-0.39, 0.29) is 5.92 Å². The normalized spacial score (nSPS) is 23.3. The molecule has 3 heteroatoms. The number of ether oxygens (including phenoxy) is 1. The molecule has 1 rings (SSSR count). The van der Waals surface area contributed by atoms with Gasteiger partial charge in [-0.05, 0) is 12.8 Å². The Morgan fingerprint density at radius 3 is 2.45 bits per heavy atom. The molecule has 1 unspecified atom stereocenters. The van der Waals surface area contributed by atoms with Crippen molar-refractivity contribution in [3.8, 4) is 0 Å². The van der Waals surface area contributed by atoms with Gasteiger partial charge in [-0.25, -0.2) is 0 Å². The fourth-order valence-corrected chi connectivity index (χ4v) is 0.935. The van der Waals surface area contributed by atoms with Gasteiger partial charge in [0.25, 0.3) is 0 Å². The van der Waals surface area contributed by atoms with Crippen LogP contribution in [0.1, 0.15) is 26.7 Å². The van der Waals surface area contributed by atoms with E-state index in [9.17, 15) is 4.79 Å². The molecule has 0 aromatic heterocycles. The first kappa shape index (κ1) is 10.4. The van der Waals surface area contributed by atoms with Crippen LogP contribution in [-0.2, 0) is 9.53 Å². The molecule has 1 fully saturated rings. The summed E-state index contributed by atoms with van der Waals surface area (Å²) in [5, 5.41) is 8.46. The molecular weight excluding hydrogens is 144 g/mol. The molecule has 1 aliphatic rings. The van der Waals surface area contributed by atoms with Crippen LogP contribution >= 0.6 is 0 Å². The van der Waals surface area contributed by atoms with Crippen LogP contribution in [0.4, 0.5) is 0 Å².